The number of Topliss-reactive ketones (excluding diaryl/α,β-unsaturated/α-hetero) is 1. The first-order valence-electron chi connectivity index (χ1n) is 6.51. The van der Waals surface area contributed by atoms with Crippen LogP contribution in [-0.2, 0) is 6.54 Å². The third kappa shape index (κ3) is 3.72. The van der Waals surface area contributed by atoms with Crippen molar-refractivity contribution in [1.29, 1.82) is 0 Å². The Labute approximate surface area is 119 Å². The van der Waals surface area contributed by atoms with Gasteiger partial charge in [-0.15, -0.1) is 0 Å². The number of rotatable bonds is 5. The number of allylic oxidation sites excluding steroid dienone is 1. The van der Waals surface area contributed by atoms with Gasteiger partial charge in [-0.25, -0.2) is 0 Å². The number of aryl methyl sites for hydroxylation is 1. The predicted octanol–water partition coefficient (Wildman–Crippen LogP) is 2.77. The quantitative estimate of drug-likeness (QED) is 0.646. The van der Waals surface area contributed by atoms with Gasteiger partial charge in [0, 0.05) is 18.3 Å². The summed E-state index contributed by atoms with van der Waals surface area (Å²) < 4.78 is 0. The lowest BCUT2D eigenvalue weighted by atomic mass is 10.1. The topological polar surface area (TPSA) is 55.1 Å². The summed E-state index contributed by atoms with van der Waals surface area (Å²) in [6, 6.07) is 17.3. The third-order valence-electron chi connectivity index (χ3n) is 2.95. The molecule has 0 aliphatic heterocycles. The fourth-order valence-corrected chi connectivity index (χ4v) is 1.89. The van der Waals surface area contributed by atoms with E-state index in [2.05, 4.69) is 5.32 Å². The number of carbonyl (C=O) groups is 1. The van der Waals surface area contributed by atoms with Gasteiger partial charge in [-0.1, -0.05) is 54.1 Å². The Bertz CT molecular complexity index is 618. The van der Waals surface area contributed by atoms with Gasteiger partial charge in [-0.3, -0.25) is 4.79 Å². The zero-order chi connectivity index (χ0) is 14.4. The number of nitrogens with two attached hydrogens (primary N) is 1. The maximum Gasteiger partial charge on any atom is 0.210 e. The summed E-state index contributed by atoms with van der Waals surface area (Å²) in [6.07, 6.45) is 1.57. The molecule has 0 saturated carbocycles. The van der Waals surface area contributed by atoms with Crippen molar-refractivity contribution in [1.82, 2.24) is 5.32 Å². The summed E-state index contributed by atoms with van der Waals surface area (Å²) in [4.78, 5) is 12.1. The van der Waals surface area contributed by atoms with Crippen molar-refractivity contribution in [2.24, 2.45) is 5.73 Å². The van der Waals surface area contributed by atoms with Crippen LogP contribution in [0.15, 0.2) is 66.5 Å². The van der Waals surface area contributed by atoms with Crippen molar-refractivity contribution < 1.29 is 4.79 Å². The Balaban J connectivity index is 1.98. The number of carbonyl (C=O) groups excluding carboxylic acids is 1. The monoisotopic (exact) mass is 266 g/mol. The molecule has 0 aliphatic rings. The van der Waals surface area contributed by atoms with Gasteiger partial charge < -0.3 is 11.1 Å². The average Bonchev–Trinajstić information content (AvgIpc) is 2.47. The molecule has 2 aromatic carbocycles. The van der Waals surface area contributed by atoms with Crippen LogP contribution in [0.2, 0.25) is 0 Å². The first-order valence-corrected chi connectivity index (χ1v) is 6.51. The number of nitrogens with one attached hydrogen (secondary N) is 1. The van der Waals surface area contributed by atoms with Gasteiger partial charge in [0.2, 0.25) is 5.78 Å². The van der Waals surface area contributed by atoms with Crippen LogP contribution in [0.4, 0.5) is 0 Å². The van der Waals surface area contributed by atoms with Gasteiger partial charge >= 0.3 is 0 Å². The highest BCUT2D eigenvalue weighted by molar-refractivity contribution is 6.08. The van der Waals surface area contributed by atoms with Crippen LogP contribution >= 0.6 is 0 Å². The fraction of sp³-hybridized carbons (Fsp3) is 0.118. The third-order valence-corrected chi connectivity index (χ3v) is 2.95. The van der Waals surface area contributed by atoms with Crippen LogP contribution in [0.1, 0.15) is 21.5 Å². The minimum absolute atomic E-state index is 0.158. The summed E-state index contributed by atoms with van der Waals surface area (Å²) in [7, 11) is 0. The van der Waals surface area contributed by atoms with E-state index in [4.69, 9.17) is 5.73 Å². The molecule has 2 rings (SSSR count). The fourth-order valence-electron chi connectivity index (χ4n) is 1.89. The Morgan fingerprint density at radius 3 is 2.60 bits per heavy atom. The van der Waals surface area contributed by atoms with Crippen molar-refractivity contribution >= 4 is 5.78 Å². The van der Waals surface area contributed by atoms with Crippen LogP contribution in [0.3, 0.4) is 0 Å². The van der Waals surface area contributed by atoms with Crippen LogP contribution in [0.25, 0.3) is 0 Å². The van der Waals surface area contributed by atoms with Crippen LogP contribution in [0.5, 0.6) is 0 Å². The van der Waals surface area contributed by atoms with Crippen LogP contribution in [0, 0.1) is 6.92 Å². The first kappa shape index (κ1) is 13.9. The second-order valence-corrected chi connectivity index (χ2v) is 4.66. The van der Waals surface area contributed by atoms with Gasteiger partial charge in [0.05, 0.1) is 5.70 Å². The second kappa shape index (κ2) is 6.57. The molecule has 3 heteroatoms. The molecule has 0 heterocycles. The number of benzene rings is 2. The summed E-state index contributed by atoms with van der Waals surface area (Å²) in [5.74, 6) is -0.158. The maximum absolute atomic E-state index is 12.1. The van der Waals surface area contributed by atoms with Crippen molar-refractivity contribution in [2.45, 2.75) is 13.5 Å². The minimum Gasteiger partial charge on any atom is -0.394 e. The Morgan fingerprint density at radius 1 is 1.15 bits per heavy atom. The number of ketones is 1. The van der Waals surface area contributed by atoms with E-state index < -0.39 is 0 Å². The average molecular weight is 266 g/mol. The largest absolute Gasteiger partial charge is 0.394 e. The van der Waals surface area contributed by atoms with Crippen molar-refractivity contribution in [3.8, 4) is 0 Å². The Hall–Kier alpha value is -2.55. The van der Waals surface area contributed by atoms with Crippen molar-refractivity contribution in [2.75, 3.05) is 0 Å². The summed E-state index contributed by atoms with van der Waals surface area (Å²) >= 11 is 0. The molecule has 0 amide bonds. The first-order chi connectivity index (χ1) is 9.66. The number of hydrogen-bond acceptors (Lipinski definition) is 3. The molecule has 3 nitrogen and oxygen atoms in total. The predicted molar refractivity (Wildman–Crippen MR) is 81.1 cm³/mol. The van der Waals surface area contributed by atoms with E-state index in [1.807, 2.05) is 55.5 Å². The molecule has 0 saturated heterocycles. The summed E-state index contributed by atoms with van der Waals surface area (Å²) in [5, 5.41) is 3.06. The smallest absolute Gasteiger partial charge is 0.210 e. The molecule has 102 valence electrons. The van der Waals surface area contributed by atoms with Crippen molar-refractivity contribution in [3.63, 3.8) is 0 Å². The van der Waals surface area contributed by atoms with E-state index in [1.54, 1.807) is 12.3 Å². The molecule has 0 atom stereocenters. The molecule has 0 spiro atoms. The SMILES string of the molecule is Cc1cccc(C(=O)/C(N)=C/NCc2ccccc2)c1. The molecular formula is C17H18N2O. The highest BCUT2D eigenvalue weighted by Crippen LogP contribution is 2.07. The highest BCUT2D eigenvalue weighted by atomic mass is 16.1. The summed E-state index contributed by atoms with van der Waals surface area (Å²) in [5.41, 5.74) is 8.82. The lowest BCUT2D eigenvalue weighted by Crippen LogP contribution is -2.16. The molecule has 0 fully saturated rings. The normalized spacial score (nSPS) is 11.2. The zero-order valence-electron chi connectivity index (χ0n) is 11.5. The standard InChI is InChI=1S/C17H18N2O/c1-13-6-5-9-15(10-13)17(20)16(18)12-19-11-14-7-3-2-4-8-14/h2-10,12,19H,11,18H2,1H3/b16-12-. The van der Waals surface area contributed by atoms with Crippen LogP contribution < -0.4 is 11.1 Å². The van der Waals surface area contributed by atoms with E-state index >= 15 is 0 Å². The van der Waals surface area contributed by atoms with Gasteiger partial charge in [-0.05, 0) is 18.6 Å². The zero-order valence-corrected chi connectivity index (χ0v) is 11.5. The highest BCUT2D eigenvalue weighted by Gasteiger charge is 2.08. The van der Waals surface area contributed by atoms with Gasteiger partial charge in [0.25, 0.3) is 0 Å². The Kier molecular flexibility index (Phi) is 4.56. The molecule has 0 unspecified atom stereocenters. The lowest BCUT2D eigenvalue weighted by Gasteiger charge is -2.05. The maximum atomic E-state index is 12.1. The molecule has 2 aromatic rings. The van der Waals surface area contributed by atoms with Crippen LogP contribution in [-0.4, -0.2) is 5.78 Å². The van der Waals surface area contributed by atoms with E-state index in [1.165, 1.54) is 0 Å². The summed E-state index contributed by atoms with van der Waals surface area (Å²) in [6.45, 7) is 2.59. The van der Waals surface area contributed by atoms with Gasteiger partial charge in [-0.2, -0.15) is 0 Å². The second-order valence-electron chi connectivity index (χ2n) is 4.66. The number of hydrogen-bond donors (Lipinski definition) is 2. The molecule has 0 bridgehead atoms. The molecule has 0 radical (unpaired) electrons. The van der Waals surface area contributed by atoms with Crippen molar-refractivity contribution in [3.05, 3.63) is 83.2 Å². The molecule has 20 heavy (non-hydrogen) atoms. The Morgan fingerprint density at radius 2 is 1.90 bits per heavy atom. The van der Waals surface area contributed by atoms with Gasteiger partial charge in [0.15, 0.2) is 0 Å². The van der Waals surface area contributed by atoms with Gasteiger partial charge in [0.1, 0.15) is 0 Å². The molecular weight excluding hydrogens is 248 g/mol. The van der Waals surface area contributed by atoms with E-state index in [9.17, 15) is 4.79 Å². The molecule has 3 N–H and O–H groups in total. The van der Waals surface area contributed by atoms with E-state index in [-0.39, 0.29) is 11.5 Å². The molecule has 0 aliphatic carbocycles. The van der Waals surface area contributed by atoms with E-state index in [0.717, 1.165) is 11.1 Å². The van der Waals surface area contributed by atoms with E-state index in [0.29, 0.717) is 12.1 Å². The molecule has 0 aromatic heterocycles. The lowest BCUT2D eigenvalue weighted by molar-refractivity contribution is 0.103. The minimum atomic E-state index is -0.158.